The average molecular weight is 226 g/mol. The van der Waals surface area contributed by atoms with Crippen LogP contribution in [0.25, 0.3) is 0 Å². The van der Waals surface area contributed by atoms with E-state index < -0.39 is 0 Å². The van der Waals surface area contributed by atoms with E-state index in [4.69, 9.17) is 4.74 Å². The van der Waals surface area contributed by atoms with Crippen LogP contribution in [0.3, 0.4) is 0 Å². The molecule has 0 aromatic heterocycles. The minimum Gasteiger partial charge on any atom is -0.384 e. The Balaban J connectivity index is 1.95. The quantitative estimate of drug-likeness (QED) is 0.705. The molecule has 0 N–H and O–H groups in total. The fourth-order valence-electron chi connectivity index (χ4n) is 2.64. The van der Waals surface area contributed by atoms with Gasteiger partial charge in [0.25, 0.3) is 0 Å². The molecule has 1 saturated carbocycles. The van der Waals surface area contributed by atoms with Gasteiger partial charge in [-0.1, -0.05) is 6.42 Å². The van der Waals surface area contributed by atoms with Crippen molar-refractivity contribution in [1.82, 2.24) is 9.80 Å². The van der Waals surface area contributed by atoms with E-state index in [1.807, 2.05) is 4.90 Å². The summed E-state index contributed by atoms with van der Waals surface area (Å²) < 4.78 is 5.22. The minimum atomic E-state index is -0.176. The molecule has 0 unspecified atom stereocenters. The Morgan fingerprint density at radius 3 is 2.31 bits per heavy atom. The molecule has 0 aromatic rings. The van der Waals surface area contributed by atoms with E-state index in [0.29, 0.717) is 12.5 Å². The van der Waals surface area contributed by atoms with Crippen molar-refractivity contribution in [2.45, 2.75) is 19.3 Å². The zero-order chi connectivity index (χ0) is 11.6. The third kappa shape index (κ3) is 2.09. The third-order valence-electron chi connectivity index (χ3n) is 3.98. The Hall–Kier alpha value is -0.610. The van der Waals surface area contributed by atoms with Gasteiger partial charge < -0.3 is 14.5 Å². The summed E-state index contributed by atoms with van der Waals surface area (Å²) in [6.07, 6.45) is 3.18. The van der Waals surface area contributed by atoms with E-state index in [2.05, 4.69) is 11.9 Å². The van der Waals surface area contributed by atoms with Gasteiger partial charge in [-0.15, -0.1) is 0 Å². The van der Waals surface area contributed by atoms with Crippen molar-refractivity contribution in [1.29, 1.82) is 0 Å². The second-order valence-corrected chi connectivity index (χ2v) is 5.16. The Morgan fingerprint density at radius 1 is 1.25 bits per heavy atom. The van der Waals surface area contributed by atoms with Crippen molar-refractivity contribution in [3.05, 3.63) is 0 Å². The van der Waals surface area contributed by atoms with Crippen LogP contribution in [0, 0.1) is 5.41 Å². The summed E-state index contributed by atoms with van der Waals surface area (Å²) in [7, 11) is 3.80. The molecular formula is C12H22N2O2. The maximum Gasteiger partial charge on any atom is 0.231 e. The van der Waals surface area contributed by atoms with Crippen molar-refractivity contribution in [3.8, 4) is 0 Å². The number of likely N-dealkylation sites (N-methyl/N-ethyl adjacent to an activating group) is 1. The Labute approximate surface area is 97.5 Å². The Bertz CT molecular complexity index is 256. The standard InChI is InChI=1S/C12H22N2O2/c1-13-6-8-14(9-7-13)11(15)12(10-16-2)4-3-5-12/h3-10H2,1-2H3. The fraction of sp³-hybridized carbons (Fsp3) is 0.917. The van der Waals surface area contributed by atoms with Crippen LogP contribution >= 0.6 is 0 Å². The molecule has 2 fully saturated rings. The Morgan fingerprint density at radius 2 is 1.88 bits per heavy atom. The molecule has 2 rings (SSSR count). The second-order valence-electron chi connectivity index (χ2n) is 5.16. The molecule has 0 atom stereocenters. The molecule has 92 valence electrons. The lowest BCUT2D eigenvalue weighted by atomic mass is 9.68. The van der Waals surface area contributed by atoms with Gasteiger partial charge in [0.2, 0.25) is 5.91 Å². The van der Waals surface area contributed by atoms with Gasteiger partial charge in [0.1, 0.15) is 0 Å². The molecule has 0 bridgehead atoms. The molecule has 1 aliphatic heterocycles. The molecule has 1 saturated heterocycles. The van der Waals surface area contributed by atoms with Crippen LogP contribution in [0.5, 0.6) is 0 Å². The number of carbonyl (C=O) groups is 1. The number of nitrogens with zero attached hydrogens (tertiary/aromatic N) is 2. The number of amides is 1. The van der Waals surface area contributed by atoms with Crippen LogP contribution in [0.15, 0.2) is 0 Å². The van der Waals surface area contributed by atoms with E-state index in [-0.39, 0.29) is 5.41 Å². The number of hydrogen-bond donors (Lipinski definition) is 0. The normalized spacial score (nSPS) is 25.2. The molecule has 4 heteroatoms. The van der Waals surface area contributed by atoms with Crippen molar-refractivity contribution >= 4 is 5.91 Å². The van der Waals surface area contributed by atoms with Gasteiger partial charge in [0.05, 0.1) is 12.0 Å². The number of rotatable bonds is 3. The second kappa shape index (κ2) is 4.72. The summed E-state index contributed by atoms with van der Waals surface area (Å²) in [6.45, 7) is 4.34. The molecule has 0 aromatic carbocycles. The molecule has 1 amide bonds. The number of carbonyl (C=O) groups excluding carboxylic acids is 1. The maximum absolute atomic E-state index is 12.4. The molecule has 1 heterocycles. The van der Waals surface area contributed by atoms with Crippen molar-refractivity contribution in [2.24, 2.45) is 5.41 Å². The first kappa shape index (κ1) is 11.9. The first-order chi connectivity index (χ1) is 7.68. The van der Waals surface area contributed by atoms with Gasteiger partial charge in [0, 0.05) is 33.3 Å². The SMILES string of the molecule is COCC1(C(=O)N2CCN(C)CC2)CCC1. The van der Waals surface area contributed by atoms with Crippen LogP contribution in [-0.2, 0) is 9.53 Å². The summed E-state index contributed by atoms with van der Waals surface area (Å²) in [4.78, 5) is 16.7. The lowest BCUT2D eigenvalue weighted by Crippen LogP contribution is -2.55. The van der Waals surface area contributed by atoms with Crippen LogP contribution in [0.2, 0.25) is 0 Å². The largest absolute Gasteiger partial charge is 0.384 e. The highest BCUT2D eigenvalue weighted by molar-refractivity contribution is 5.84. The number of piperazine rings is 1. The van der Waals surface area contributed by atoms with E-state index in [9.17, 15) is 4.79 Å². The highest BCUT2D eigenvalue weighted by atomic mass is 16.5. The summed E-state index contributed by atoms with van der Waals surface area (Å²) in [6, 6.07) is 0. The zero-order valence-electron chi connectivity index (χ0n) is 10.4. The van der Waals surface area contributed by atoms with E-state index in [1.165, 1.54) is 6.42 Å². The third-order valence-corrected chi connectivity index (χ3v) is 3.98. The first-order valence-electron chi connectivity index (χ1n) is 6.15. The molecule has 1 aliphatic carbocycles. The van der Waals surface area contributed by atoms with Gasteiger partial charge in [-0.3, -0.25) is 4.79 Å². The van der Waals surface area contributed by atoms with Gasteiger partial charge in [-0.05, 0) is 19.9 Å². The Kier molecular flexibility index (Phi) is 3.50. The van der Waals surface area contributed by atoms with Crippen LogP contribution in [0.4, 0.5) is 0 Å². The monoisotopic (exact) mass is 226 g/mol. The summed E-state index contributed by atoms with van der Waals surface area (Å²) >= 11 is 0. The summed E-state index contributed by atoms with van der Waals surface area (Å²) in [5.41, 5.74) is -0.176. The highest BCUT2D eigenvalue weighted by Crippen LogP contribution is 2.42. The summed E-state index contributed by atoms with van der Waals surface area (Å²) in [5, 5.41) is 0. The van der Waals surface area contributed by atoms with Gasteiger partial charge in [-0.2, -0.15) is 0 Å². The van der Waals surface area contributed by atoms with E-state index >= 15 is 0 Å². The van der Waals surface area contributed by atoms with Crippen molar-refractivity contribution < 1.29 is 9.53 Å². The molecule has 0 spiro atoms. The molecule has 4 nitrogen and oxygen atoms in total. The molecular weight excluding hydrogens is 204 g/mol. The van der Waals surface area contributed by atoms with E-state index in [0.717, 1.165) is 39.0 Å². The predicted octanol–water partition coefficient (Wildman–Crippen LogP) is 0.577. The minimum absolute atomic E-state index is 0.176. The van der Waals surface area contributed by atoms with Gasteiger partial charge in [-0.25, -0.2) is 0 Å². The van der Waals surface area contributed by atoms with E-state index in [1.54, 1.807) is 7.11 Å². The summed E-state index contributed by atoms with van der Waals surface area (Å²) in [5.74, 6) is 0.328. The first-order valence-corrected chi connectivity index (χ1v) is 6.15. The lowest BCUT2D eigenvalue weighted by molar-refractivity contribution is -0.153. The highest BCUT2D eigenvalue weighted by Gasteiger charge is 2.46. The molecule has 16 heavy (non-hydrogen) atoms. The molecule has 2 aliphatic rings. The average Bonchev–Trinajstić information content (AvgIpc) is 2.23. The fourth-order valence-corrected chi connectivity index (χ4v) is 2.64. The smallest absolute Gasteiger partial charge is 0.231 e. The number of ether oxygens (including phenoxy) is 1. The van der Waals surface area contributed by atoms with Crippen LogP contribution in [0.1, 0.15) is 19.3 Å². The van der Waals surface area contributed by atoms with Gasteiger partial charge in [0.15, 0.2) is 0 Å². The molecule has 0 radical (unpaired) electrons. The van der Waals surface area contributed by atoms with Crippen LogP contribution < -0.4 is 0 Å². The lowest BCUT2D eigenvalue weighted by Gasteiger charge is -2.44. The van der Waals surface area contributed by atoms with Crippen molar-refractivity contribution in [3.63, 3.8) is 0 Å². The predicted molar refractivity (Wildman–Crippen MR) is 62.2 cm³/mol. The number of hydrogen-bond acceptors (Lipinski definition) is 3. The van der Waals surface area contributed by atoms with Crippen molar-refractivity contribution in [2.75, 3.05) is 46.9 Å². The maximum atomic E-state index is 12.4. The van der Waals surface area contributed by atoms with Crippen LogP contribution in [-0.4, -0.2) is 62.7 Å². The van der Waals surface area contributed by atoms with Gasteiger partial charge >= 0.3 is 0 Å². The number of methoxy groups -OCH3 is 1. The topological polar surface area (TPSA) is 32.8 Å². The zero-order valence-corrected chi connectivity index (χ0v) is 10.4.